The van der Waals surface area contributed by atoms with Gasteiger partial charge >= 0.3 is 0 Å². The Hall–Kier alpha value is -5.02. The maximum Gasteiger partial charge on any atom is 0.252 e. The minimum atomic E-state index is -0.762. The monoisotopic (exact) mass is 797 g/mol. The molecule has 308 valence electrons. The Bertz CT molecular complexity index is 2950. The molecule has 0 saturated heterocycles. The summed E-state index contributed by atoms with van der Waals surface area (Å²) in [5.74, 6) is 0. The number of hydrogen-bond donors (Lipinski definition) is 0. The molecule has 0 unspecified atom stereocenters. The molecular weight excluding hydrogens is 723 g/mol. The normalized spacial score (nSPS) is 15.6. The van der Waals surface area contributed by atoms with Gasteiger partial charge in [-0.15, -0.1) is 0 Å². The minimum absolute atomic E-state index is 0.00994. The fourth-order valence-corrected chi connectivity index (χ4v) is 8.66. The quantitative estimate of drug-likeness (QED) is 0.164. The lowest BCUT2D eigenvalue weighted by Gasteiger charge is -2.45. The molecule has 0 aliphatic carbocycles. The fourth-order valence-electron chi connectivity index (χ4n) is 8.66. The molecule has 2 nitrogen and oxygen atoms in total. The number of anilines is 6. The van der Waals surface area contributed by atoms with E-state index in [1.807, 2.05) is 41.5 Å². The van der Waals surface area contributed by atoms with E-state index in [1.54, 1.807) is 0 Å². The van der Waals surface area contributed by atoms with Gasteiger partial charge in [0.25, 0.3) is 6.71 Å². The molecule has 60 heavy (non-hydrogen) atoms. The van der Waals surface area contributed by atoms with E-state index >= 15 is 0 Å². The highest BCUT2D eigenvalue weighted by molar-refractivity contribution is 7.00. The first kappa shape index (κ1) is 34.7. The Morgan fingerprint density at radius 1 is 0.417 bits per heavy atom. The van der Waals surface area contributed by atoms with Crippen molar-refractivity contribution >= 4 is 57.2 Å². The van der Waals surface area contributed by atoms with Crippen LogP contribution in [0.4, 0.5) is 34.1 Å². The maximum atomic E-state index is 10.4. The number of benzene rings is 6. The van der Waals surface area contributed by atoms with E-state index in [9.17, 15) is 8.22 Å². The Kier molecular flexibility index (Phi) is 8.10. The standard InChI is InChI=1S/C57H67BN2/c1-36-31-50-52-51(32-36)60(47-28-23-40(55(8,9)10)33-44(47)37-17-19-38(20-18-37)53(2,3)4)49-30-25-42(57(14,15)16)35-46(49)58(52)45-34-41(56(11,12)13)24-29-48(45)59(50)43-26-21-39(22-27-43)54(5,6)7/h17-35H,1-16H3/i24D,25D,29D,30D,34D,35D. The number of aryl methyl sites for hydroxylation is 1. The predicted octanol–water partition coefficient (Wildman–Crippen LogP) is 14.2. The molecule has 0 N–H and O–H groups in total. The number of hydrogen-bond acceptors (Lipinski definition) is 2. The molecule has 0 amide bonds. The summed E-state index contributed by atoms with van der Waals surface area (Å²) in [6.45, 7) is 33.2. The van der Waals surface area contributed by atoms with Crippen molar-refractivity contribution in [3.05, 3.63) is 148 Å². The minimum Gasteiger partial charge on any atom is -0.311 e. The van der Waals surface area contributed by atoms with Gasteiger partial charge < -0.3 is 9.80 Å². The molecule has 2 aliphatic rings. The fraction of sp³-hybridized carbons (Fsp3) is 0.368. The smallest absolute Gasteiger partial charge is 0.252 e. The average Bonchev–Trinajstić information content (AvgIpc) is 3.19. The first-order valence-corrected chi connectivity index (χ1v) is 21.7. The van der Waals surface area contributed by atoms with Crippen molar-refractivity contribution in [2.75, 3.05) is 9.80 Å². The molecule has 3 heteroatoms. The van der Waals surface area contributed by atoms with Crippen molar-refractivity contribution in [1.29, 1.82) is 0 Å². The van der Waals surface area contributed by atoms with Gasteiger partial charge in [0.15, 0.2) is 0 Å². The molecule has 6 aromatic carbocycles. The van der Waals surface area contributed by atoms with Gasteiger partial charge in [-0.25, -0.2) is 0 Å². The second kappa shape index (κ2) is 14.0. The molecular formula is C57H67BN2. The van der Waals surface area contributed by atoms with Crippen molar-refractivity contribution in [1.82, 2.24) is 0 Å². The molecule has 0 atom stereocenters. The summed E-state index contributed by atoms with van der Waals surface area (Å²) in [5, 5.41) is 0. The topological polar surface area (TPSA) is 6.48 Å². The zero-order chi connectivity index (χ0) is 48.7. The largest absolute Gasteiger partial charge is 0.311 e. The molecule has 0 aromatic heterocycles. The van der Waals surface area contributed by atoms with Crippen molar-refractivity contribution in [3.8, 4) is 11.1 Å². The second-order valence-corrected chi connectivity index (χ2v) is 22.5. The van der Waals surface area contributed by atoms with E-state index in [0.29, 0.717) is 33.4 Å². The lowest BCUT2D eigenvalue weighted by atomic mass is 9.33. The highest BCUT2D eigenvalue weighted by atomic mass is 15.2. The van der Waals surface area contributed by atoms with Crippen molar-refractivity contribution < 1.29 is 8.22 Å². The van der Waals surface area contributed by atoms with Crippen LogP contribution in [0.15, 0.2) is 115 Å². The molecule has 2 aliphatic heterocycles. The van der Waals surface area contributed by atoms with Crippen LogP contribution >= 0.6 is 0 Å². The first-order valence-electron chi connectivity index (χ1n) is 24.7. The van der Waals surface area contributed by atoms with Crippen LogP contribution in [0.25, 0.3) is 11.1 Å². The zero-order valence-corrected chi connectivity index (χ0v) is 39.0. The summed E-state index contributed by atoms with van der Waals surface area (Å²) in [4.78, 5) is 4.23. The molecule has 0 saturated carbocycles. The second-order valence-electron chi connectivity index (χ2n) is 22.5. The average molecular weight is 797 g/mol. The van der Waals surface area contributed by atoms with Gasteiger partial charge in [0.1, 0.15) is 0 Å². The van der Waals surface area contributed by atoms with Crippen LogP contribution < -0.4 is 26.2 Å². The lowest BCUT2D eigenvalue weighted by Crippen LogP contribution is -2.61. The maximum absolute atomic E-state index is 10.4. The molecule has 0 spiro atoms. The molecule has 8 rings (SSSR count). The summed E-state index contributed by atoms with van der Waals surface area (Å²) >= 11 is 0. The van der Waals surface area contributed by atoms with E-state index in [1.165, 1.54) is 5.56 Å². The predicted molar refractivity (Wildman–Crippen MR) is 264 cm³/mol. The van der Waals surface area contributed by atoms with Gasteiger partial charge in [-0.05, 0) is 138 Å². The van der Waals surface area contributed by atoms with Crippen LogP contribution in [-0.2, 0) is 27.1 Å². The summed E-state index contributed by atoms with van der Waals surface area (Å²) in [5.41, 5.74) is 11.8. The number of rotatable bonds is 3. The van der Waals surface area contributed by atoms with Crippen LogP contribution in [0.3, 0.4) is 0 Å². The Balaban J connectivity index is 1.59. The Labute approximate surface area is 371 Å². The third-order valence-corrected chi connectivity index (χ3v) is 12.4. The van der Waals surface area contributed by atoms with E-state index in [0.717, 1.165) is 56.0 Å². The molecule has 0 radical (unpaired) electrons. The van der Waals surface area contributed by atoms with Gasteiger partial charge in [0, 0.05) is 34.0 Å². The third-order valence-electron chi connectivity index (χ3n) is 12.4. The highest BCUT2D eigenvalue weighted by Crippen LogP contribution is 2.48. The van der Waals surface area contributed by atoms with Crippen molar-refractivity contribution in [3.63, 3.8) is 0 Å². The van der Waals surface area contributed by atoms with Gasteiger partial charge in [0.2, 0.25) is 0 Å². The summed E-state index contributed by atoms with van der Waals surface area (Å²) in [6.07, 6.45) is 0. The SMILES string of the molecule is [2H]c1c([2H])c(C(C)(C)C)c([2H])c2c1N(c1ccc(C(C)(C)C)cc1)c1cc(C)cc3c1B2c1c([2H])c(C(C)(C)C)c([2H])c([2H])c1N3c1ccc(C(C)(C)C)cc1-c1ccc(C(C)(C)C)cc1. The summed E-state index contributed by atoms with van der Waals surface area (Å²) in [7, 11) is 0. The lowest BCUT2D eigenvalue weighted by molar-refractivity contribution is 0.590. The number of nitrogens with zero attached hydrogens (tertiary/aromatic N) is 2. The van der Waals surface area contributed by atoms with Crippen LogP contribution in [0.5, 0.6) is 0 Å². The highest BCUT2D eigenvalue weighted by Gasteiger charge is 2.44. The molecule has 0 bridgehead atoms. The van der Waals surface area contributed by atoms with E-state index in [4.69, 9.17) is 0 Å². The molecule has 6 aromatic rings. The summed E-state index contributed by atoms with van der Waals surface area (Å²) in [6, 6.07) is 28.5. The van der Waals surface area contributed by atoms with Gasteiger partial charge in [-0.2, -0.15) is 0 Å². The Morgan fingerprint density at radius 3 is 1.30 bits per heavy atom. The van der Waals surface area contributed by atoms with Crippen LogP contribution in [0.2, 0.25) is 0 Å². The Morgan fingerprint density at radius 2 is 0.833 bits per heavy atom. The summed E-state index contributed by atoms with van der Waals surface area (Å²) < 4.78 is 60.2. The number of fused-ring (bicyclic) bond motifs is 4. The van der Waals surface area contributed by atoms with E-state index in [2.05, 4.69) is 158 Å². The van der Waals surface area contributed by atoms with E-state index in [-0.39, 0.29) is 52.5 Å². The van der Waals surface area contributed by atoms with Crippen LogP contribution in [0.1, 0.15) is 145 Å². The van der Waals surface area contributed by atoms with Gasteiger partial charge in [-0.1, -0.05) is 170 Å². The molecule has 0 fully saturated rings. The third kappa shape index (κ3) is 7.31. The van der Waals surface area contributed by atoms with Crippen molar-refractivity contribution in [2.24, 2.45) is 0 Å². The van der Waals surface area contributed by atoms with Gasteiger partial charge in [0.05, 0.1) is 13.9 Å². The van der Waals surface area contributed by atoms with Gasteiger partial charge in [-0.3, -0.25) is 0 Å². The first-order chi connectivity index (χ1) is 30.4. The molecule has 2 heterocycles. The zero-order valence-electron chi connectivity index (χ0n) is 45.0. The van der Waals surface area contributed by atoms with E-state index < -0.39 is 17.5 Å². The van der Waals surface area contributed by atoms with Crippen LogP contribution in [-0.4, -0.2) is 6.71 Å². The van der Waals surface area contributed by atoms with Crippen molar-refractivity contribution in [2.45, 2.75) is 138 Å². The van der Waals surface area contributed by atoms with Crippen LogP contribution in [0, 0.1) is 6.92 Å².